The minimum atomic E-state index is -3.29. The maximum atomic E-state index is 9.41. The summed E-state index contributed by atoms with van der Waals surface area (Å²) in [5, 5.41) is 0. The van der Waals surface area contributed by atoms with Gasteiger partial charge in [-0.15, -0.1) is 13.2 Å². The van der Waals surface area contributed by atoms with E-state index >= 15 is 0 Å². The van der Waals surface area contributed by atoms with E-state index in [0.29, 0.717) is 6.04 Å². The third-order valence-corrected chi connectivity index (χ3v) is 14.1. The molecule has 0 aliphatic rings. The topological polar surface area (TPSA) is 77.4 Å². The number of hydrogen-bond acceptors (Lipinski definition) is 6. The van der Waals surface area contributed by atoms with Gasteiger partial charge in [-0.05, 0) is 38.5 Å². The van der Waals surface area contributed by atoms with Gasteiger partial charge in [-0.1, -0.05) is 189 Å². The maximum Gasteiger partial charge on any atom is 0.500 e. The predicted octanol–water partition coefficient (Wildman–Crippen LogP) is 14.4. The van der Waals surface area contributed by atoms with Crippen molar-refractivity contribution >= 4 is 17.6 Å². The summed E-state index contributed by atoms with van der Waals surface area (Å²) in [4.78, 5) is 18.8. The molecule has 0 fully saturated rings. The van der Waals surface area contributed by atoms with E-state index in [1.165, 1.54) is 180 Å². The Bertz CT molecular complexity index is 638. The Hall–Kier alpha value is -0.326. The summed E-state index contributed by atoms with van der Waals surface area (Å²) in [6.45, 7) is 7.52. The molecule has 0 aliphatic carbocycles. The molecule has 2 N–H and O–H groups in total. The third kappa shape index (κ3) is 45.8. The molecule has 6 nitrogen and oxygen atoms in total. The standard InChI is InChI=1S/C21H44O3Si.C19H40O3Si.3CH4/c1-5-6-7-8-9-10-11-12-13-14-15-16-17-18-19-20-21-25(22-2,23-3)24-4;1-3-4-5-6-7-8-9-10-11-12-13-14-15-16-17-18-19-23(20,21)22-2;;;/h5H,1,6-21H2,2-4H3;3,20-21H,1,4-19H2,2H3;3*1H4. The third-order valence-electron chi connectivity index (χ3n) is 9.56. The largest absolute Gasteiger partial charge is 0.500 e. The van der Waals surface area contributed by atoms with Crippen molar-refractivity contribution in [2.45, 2.75) is 227 Å². The van der Waals surface area contributed by atoms with Crippen molar-refractivity contribution in [3.05, 3.63) is 25.3 Å². The molecule has 0 amide bonds. The fraction of sp³-hybridized carbons (Fsp3) is 0.907. The van der Waals surface area contributed by atoms with Crippen LogP contribution in [0.2, 0.25) is 12.1 Å². The summed E-state index contributed by atoms with van der Waals surface area (Å²) < 4.78 is 21.1. The van der Waals surface area contributed by atoms with Gasteiger partial charge in [0.15, 0.2) is 0 Å². The van der Waals surface area contributed by atoms with Crippen LogP contribution in [0.3, 0.4) is 0 Å². The highest BCUT2D eigenvalue weighted by Gasteiger charge is 2.36. The molecule has 0 saturated heterocycles. The lowest BCUT2D eigenvalue weighted by Gasteiger charge is -2.24. The second-order valence-corrected chi connectivity index (χ2v) is 19.3. The monoisotopic (exact) mass is 765 g/mol. The van der Waals surface area contributed by atoms with E-state index in [2.05, 4.69) is 13.2 Å². The summed E-state index contributed by atoms with van der Waals surface area (Å²) >= 11 is 0. The van der Waals surface area contributed by atoms with Gasteiger partial charge < -0.3 is 27.3 Å². The van der Waals surface area contributed by atoms with Crippen molar-refractivity contribution in [1.82, 2.24) is 0 Å². The van der Waals surface area contributed by atoms with E-state index in [4.69, 9.17) is 17.7 Å². The second kappa shape index (κ2) is 47.7. The van der Waals surface area contributed by atoms with Gasteiger partial charge in [0.05, 0.1) is 0 Å². The highest BCUT2D eigenvalue weighted by atomic mass is 28.4. The van der Waals surface area contributed by atoms with E-state index < -0.39 is 17.6 Å². The zero-order valence-corrected chi connectivity index (χ0v) is 34.7. The SMILES string of the molecule is C.C.C.C=CCCCCCCCCCCCCCCCC[Si](O)(O)OC.C=CCCCCCCCCCCCCCCCC[Si](OC)(OC)OC. The molecule has 312 valence electrons. The minimum absolute atomic E-state index is 0. The van der Waals surface area contributed by atoms with Crippen molar-refractivity contribution in [3.8, 4) is 0 Å². The molecule has 0 saturated carbocycles. The van der Waals surface area contributed by atoms with E-state index in [0.717, 1.165) is 25.3 Å². The van der Waals surface area contributed by atoms with E-state index in [1.54, 1.807) is 21.3 Å². The lowest BCUT2D eigenvalue weighted by molar-refractivity contribution is 0.122. The Morgan fingerprint density at radius 3 is 0.784 bits per heavy atom. The molecule has 0 bridgehead atoms. The smallest absolute Gasteiger partial charge is 0.390 e. The van der Waals surface area contributed by atoms with Gasteiger partial charge in [0.1, 0.15) is 0 Å². The van der Waals surface area contributed by atoms with Crippen molar-refractivity contribution in [2.75, 3.05) is 28.4 Å². The van der Waals surface area contributed by atoms with Crippen LogP contribution in [0.1, 0.15) is 215 Å². The summed E-state index contributed by atoms with van der Waals surface area (Å²) in [5.74, 6) is 0. The predicted molar refractivity (Wildman–Crippen MR) is 233 cm³/mol. The van der Waals surface area contributed by atoms with Gasteiger partial charge >= 0.3 is 17.6 Å². The number of hydrogen-bond donors (Lipinski definition) is 2. The van der Waals surface area contributed by atoms with E-state index in [9.17, 15) is 9.59 Å². The first kappa shape index (κ1) is 59.9. The molecule has 0 aromatic heterocycles. The molecule has 51 heavy (non-hydrogen) atoms. The fourth-order valence-electron chi connectivity index (χ4n) is 6.18. The summed E-state index contributed by atoms with van der Waals surface area (Å²) in [6.07, 6.45) is 43.8. The molecule has 8 heteroatoms. The first-order chi connectivity index (χ1) is 23.4. The van der Waals surface area contributed by atoms with Crippen molar-refractivity contribution in [1.29, 1.82) is 0 Å². The zero-order chi connectivity index (χ0) is 35.9. The van der Waals surface area contributed by atoms with Crippen LogP contribution in [0.25, 0.3) is 0 Å². The van der Waals surface area contributed by atoms with Gasteiger partial charge in [0.25, 0.3) is 0 Å². The molecule has 0 aliphatic heterocycles. The second-order valence-electron chi connectivity index (χ2n) is 13.8. The van der Waals surface area contributed by atoms with Crippen LogP contribution >= 0.6 is 0 Å². The number of allylic oxidation sites excluding steroid dienone is 2. The molecule has 0 aromatic carbocycles. The highest BCUT2D eigenvalue weighted by molar-refractivity contribution is 6.60. The van der Waals surface area contributed by atoms with Crippen LogP contribution < -0.4 is 0 Å². The first-order valence-corrected chi connectivity index (χ1v) is 24.2. The molecular weight excluding hydrogens is 669 g/mol. The maximum absolute atomic E-state index is 9.41. The summed E-state index contributed by atoms with van der Waals surface area (Å²) in [5.41, 5.74) is 0. The Morgan fingerprint density at radius 2 is 0.569 bits per heavy atom. The molecule has 0 atom stereocenters. The molecule has 0 spiro atoms. The number of unbranched alkanes of at least 4 members (excludes halogenated alkanes) is 28. The van der Waals surface area contributed by atoms with Gasteiger partial charge in [-0.25, -0.2) is 0 Å². The van der Waals surface area contributed by atoms with Crippen LogP contribution in [-0.4, -0.2) is 55.6 Å². The van der Waals surface area contributed by atoms with Crippen molar-refractivity contribution < 1.29 is 27.3 Å². The number of rotatable bonds is 38. The fourth-order valence-corrected chi connectivity index (χ4v) is 8.89. The average molecular weight is 765 g/mol. The molecule has 0 heterocycles. The average Bonchev–Trinajstić information content (AvgIpc) is 3.10. The van der Waals surface area contributed by atoms with Crippen LogP contribution in [0.15, 0.2) is 25.3 Å². The van der Waals surface area contributed by atoms with Crippen LogP contribution in [0, 0.1) is 0 Å². The Labute approximate surface area is 324 Å². The minimum Gasteiger partial charge on any atom is -0.390 e. The Kier molecular flexibility index (Phi) is 56.1. The molecule has 0 radical (unpaired) electrons. The molecule has 0 aromatic rings. The van der Waals surface area contributed by atoms with Crippen LogP contribution in [-0.2, 0) is 17.7 Å². The van der Waals surface area contributed by atoms with Gasteiger partial charge in [-0.3, -0.25) is 0 Å². The van der Waals surface area contributed by atoms with E-state index in [1.807, 2.05) is 12.2 Å². The molecule has 0 rings (SSSR count). The van der Waals surface area contributed by atoms with Gasteiger partial charge in [0.2, 0.25) is 0 Å². The summed E-state index contributed by atoms with van der Waals surface area (Å²) in [7, 11) is 0.856. The van der Waals surface area contributed by atoms with Gasteiger partial charge in [-0.2, -0.15) is 0 Å². The summed E-state index contributed by atoms with van der Waals surface area (Å²) in [6, 6.07) is 1.38. The zero-order valence-electron chi connectivity index (χ0n) is 32.7. The quantitative estimate of drug-likeness (QED) is 0.0370. The van der Waals surface area contributed by atoms with E-state index in [-0.39, 0.29) is 22.3 Å². The highest BCUT2D eigenvalue weighted by Crippen LogP contribution is 2.19. The first-order valence-electron chi connectivity index (χ1n) is 20.2. The van der Waals surface area contributed by atoms with Gasteiger partial charge in [0, 0.05) is 40.5 Å². The molecule has 0 unspecified atom stereocenters. The van der Waals surface area contributed by atoms with Crippen LogP contribution in [0.4, 0.5) is 0 Å². The Balaban J connectivity index is -0.000000262. The molecular formula is C43H96O6Si2. The van der Waals surface area contributed by atoms with Crippen LogP contribution in [0.5, 0.6) is 0 Å². The Morgan fingerprint density at radius 1 is 0.353 bits per heavy atom. The van der Waals surface area contributed by atoms with Crippen molar-refractivity contribution in [2.24, 2.45) is 0 Å². The lowest BCUT2D eigenvalue weighted by Crippen LogP contribution is -2.42. The normalized spacial score (nSPS) is 11.1. The van der Waals surface area contributed by atoms with Crippen molar-refractivity contribution in [3.63, 3.8) is 0 Å². The lowest BCUT2D eigenvalue weighted by atomic mass is 10.0.